The summed E-state index contributed by atoms with van der Waals surface area (Å²) in [5.41, 5.74) is 8.15. The fourth-order valence-electron chi connectivity index (χ4n) is 3.07. The highest BCUT2D eigenvalue weighted by atomic mass is 16.5. The average Bonchev–Trinajstić information content (AvgIpc) is 2.61. The molecule has 4 heteroatoms. The third-order valence-electron chi connectivity index (χ3n) is 4.38. The SMILES string of the molecule is NCC1CC(O)CCN1c1ccc(OCc2ccccc2)cc1. The van der Waals surface area contributed by atoms with E-state index >= 15 is 0 Å². The molecule has 1 fully saturated rings. The van der Waals surface area contributed by atoms with Crippen molar-refractivity contribution in [2.75, 3.05) is 18.0 Å². The van der Waals surface area contributed by atoms with E-state index in [2.05, 4.69) is 29.2 Å². The van der Waals surface area contributed by atoms with Crippen molar-refractivity contribution in [1.82, 2.24) is 0 Å². The van der Waals surface area contributed by atoms with Gasteiger partial charge in [-0.2, -0.15) is 0 Å². The molecule has 1 aliphatic heterocycles. The Kier molecular flexibility index (Phi) is 5.16. The molecule has 23 heavy (non-hydrogen) atoms. The van der Waals surface area contributed by atoms with Crippen molar-refractivity contribution in [3.63, 3.8) is 0 Å². The quantitative estimate of drug-likeness (QED) is 0.891. The zero-order chi connectivity index (χ0) is 16.1. The molecule has 0 radical (unpaired) electrons. The first-order valence-corrected chi connectivity index (χ1v) is 8.18. The van der Waals surface area contributed by atoms with Gasteiger partial charge in [0.05, 0.1) is 6.10 Å². The van der Waals surface area contributed by atoms with Crippen molar-refractivity contribution in [3.8, 4) is 5.75 Å². The van der Waals surface area contributed by atoms with Gasteiger partial charge in [0.25, 0.3) is 0 Å². The standard InChI is InChI=1S/C19H24N2O2/c20-13-17-12-18(22)10-11-21(17)16-6-8-19(9-7-16)23-14-15-4-2-1-3-5-15/h1-9,17-18,22H,10-14,20H2. The monoisotopic (exact) mass is 312 g/mol. The van der Waals surface area contributed by atoms with Gasteiger partial charge < -0.3 is 20.5 Å². The number of rotatable bonds is 5. The molecule has 2 aromatic carbocycles. The van der Waals surface area contributed by atoms with Crippen LogP contribution in [0.4, 0.5) is 5.69 Å². The van der Waals surface area contributed by atoms with Crippen LogP contribution in [-0.4, -0.2) is 30.3 Å². The molecule has 2 atom stereocenters. The minimum absolute atomic E-state index is 0.204. The molecular weight excluding hydrogens is 288 g/mol. The lowest BCUT2D eigenvalue weighted by molar-refractivity contribution is 0.129. The summed E-state index contributed by atoms with van der Waals surface area (Å²) < 4.78 is 5.82. The average molecular weight is 312 g/mol. The second-order valence-corrected chi connectivity index (χ2v) is 6.03. The molecule has 1 aliphatic rings. The van der Waals surface area contributed by atoms with Crippen LogP contribution in [0.3, 0.4) is 0 Å². The van der Waals surface area contributed by atoms with Crippen LogP contribution in [-0.2, 0) is 6.61 Å². The van der Waals surface area contributed by atoms with Crippen molar-refractivity contribution in [2.45, 2.75) is 31.6 Å². The van der Waals surface area contributed by atoms with Crippen LogP contribution in [0.1, 0.15) is 18.4 Å². The van der Waals surface area contributed by atoms with Gasteiger partial charge in [-0.3, -0.25) is 0 Å². The lowest BCUT2D eigenvalue weighted by atomic mass is 9.98. The van der Waals surface area contributed by atoms with Gasteiger partial charge in [-0.15, -0.1) is 0 Å². The maximum absolute atomic E-state index is 9.80. The molecule has 1 heterocycles. The summed E-state index contributed by atoms with van der Waals surface area (Å²) in [6.45, 7) is 1.97. The van der Waals surface area contributed by atoms with Gasteiger partial charge in [0.1, 0.15) is 12.4 Å². The Morgan fingerprint density at radius 1 is 1.09 bits per heavy atom. The van der Waals surface area contributed by atoms with Gasteiger partial charge in [-0.05, 0) is 42.7 Å². The third kappa shape index (κ3) is 4.03. The van der Waals surface area contributed by atoms with Gasteiger partial charge in [0.2, 0.25) is 0 Å². The van der Waals surface area contributed by atoms with Gasteiger partial charge in [-0.25, -0.2) is 0 Å². The summed E-state index contributed by atoms with van der Waals surface area (Å²) in [7, 11) is 0. The molecule has 2 unspecified atom stereocenters. The zero-order valence-corrected chi connectivity index (χ0v) is 13.3. The van der Waals surface area contributed by atoms with E-state index in [-0.39, 0.29) is 12.1 Å². The van der Waals surface area contributed by atoms with Gasteiger partial charge in [0, 0.05) is 24.8 Å². The van der Waals surface area contributed by atoms with Gasteiger partial charge >= 0.3 is 0 Å². The molecule has 0 spiro atoms. The fourth-order valence-corrected chi connectivity index (χ4v) is 3.07. The van der Waals surface area contributed by atoms with Crippen LogP contribution in [0.5, 0.6) is 5.75 Å². The second kappa shape index (κ2) is 7.49. The highest BCUT2D eigenvalue weighted by molar-refractivity contribution is 5.50. The first-order chi connectivity index (χ1) is 11.3. The van der Waals surface area contributed by atoms with Crippen molar-refractivity contribution in [2.24, 2.45) is 5.73 Å². The summed E-state index contributed by atoms with van der Waals surface area (Å²) in [4.78, 5) is 2.29. The topological polar surface area (TPSA) is 58.7 Å². The molecular formula is C19H24N2O2. The Morgan fingerprint density at radius 2 is 1.83 bits per heavy atom. The van der Waals surface area contributed by atoms with Gasteiger partial charge in [-0.1, -0.05) is 30.3 Å². The number of aliphatic hydroxyl groups is 1. The number of benzene rings is 2. The first kappa shape index (κ1) is 15.8. The molecule has 1 saturated heterocycles. The number of hydrogen-bond acceptors (Lipinski definition) is 4. The Morgan fingerprint density at radius 3 is 2.52 bits per heavy atom. The fraction of sp³-hybridized carbons (Fsp3) is 0.368. The predicted octanol–water partition coefficient (Wildman–Crippen LogP) is 2.55. The zero-order valence-electron chi connectivity index (χ0n) is 13.3. The maximum Gasteiger partial charge on any atom is 0.119 e. The van der Waals surface area contributed by atoms with E-state index in [0.717, 1.165) is 36.4 Å². The summed E-state index contributed by atoms with van der Waals surface area (Å²) in [5, 5.41) is 9.80. The first-order valence-electron chi connectivity index (χ1n) is 8.18. The Hall–Kier alpha value is -2.04. The van der Waals surface area contributed by atoms with E-state index in [1.807, 2.05) is 30.3 Å². The summed E-state index contributed by atoms with van der Waals surface area (Å²) >= 11 is 0. The number of nitrogens with two attached hydrogens (primary N) is 1. The Labute approximate surface area is 137 Å². The van der Waals surface area contributed by atoms with Crippen molar-refractivity contribution in [1.29, 1.82) is 0 Å². The number of nitrogens with zero attached hydrogens (tertiary/aromatic N) is 1. The van der Waals surface area contributed by atoms with E-state index in [9.17, 15) is 5.11 Å². The molecule has 0 aliphatic carbocycles. The van der Waals surface area contributed by atoms with Crippen LogP contribution in [0.15, 0.2) is 54.6 Å². The molecule has 3 N–H and O–H groups in total. The summed E-state index contributed by atoms with van der Waals surface area (Å²) in [6, 6.07) is 18.5. The lowest BCUT2D eigenvalue weighted by Crippen LogP contribution is -2.48. The number of aliphatic hydroxyl groups excluding tert-OH is 1. The van der Waals surface area contributed by atoms with Crippen molar-refractivity contribution >= 4 is 5.69 Å². The van der Waals surface area contributed by atoms with Crippen LogP contribution in [0, 0.1) is 0 Å². The van der Waals surface area contributed by atoms with Crippen molar-refractivity contribution in [3.05, 3.63) is 60.2 Å². The van der Waals surface area contributed by atoms with E-state index in [1.165, 1.54) is 0 Å². The predicted molar refractivity (Wildman–Crippen MR) is 92.6 cm³/mol. The highest BCUT2D eigenvalue weighted by Gasteiger charge is 2.26. The molecule has 3 rings (SSSR count). The Balaban J connectivity index is 1.62. The summed E-state index contributed by atoms with van der Waals surface area (Å²) in [6.07, 6.45) is 1.30. The third-order valence-corrected chi connectivity index (χ3v) is 4.38. The largest absolute Gasteiger partial charge is 0.489 e. The van der Waals surface area contributed by atoms with Gasteiger partial charge in [0.15, 0.2) is 0 Å². The van der Waals surface area contributed by atoms with Crippen molar-refractivity contribution < 1.29 is 9.84 Å². The molecule has 4 nitrogen and oxygen atoms in total. The van der Waals surface area contributed by atoms with Crippen LogP contribution >= 0.6 is 0 Å². The minimum atomic E-state index is -0.228. The molecule has 122 valence electrons. The molecule has 0 saturated carbocycles. The number of piperidine rings is 1. The number of anilines is 1. The summed E-state index contributed by atoms with van der Waals surface area (Å²) in [5.74, 6) is 0.860. The van der Waals surface area contributed by atoms with E-state index in [1.54, 1.807) is 0 Å². The molecule has 0 bridgehead atoms. The van der Waals surface area contributed by atoms with E-state index in [0.29, 0.717) is 13.2 Å². The number of hydrogen-bond donors (Lipinski definition) is 2. The maximum atomic E-state index is 9.80. The Bertz CT molecular complexity index is 601. The molecule has 0 amide bonds. The normalized spacial score (nSPS) is 21.2. The highest BCUT2D eigenvalue weighted by Crippen LogP contribution is 2.26. The van der Waals surface area contributed by atoms with E-state index in [4.69, 9.17) is 10.5 Å². The molecule has 2 aromatic rings. The van der Waals surface area contributed by atoms with Crippen LogP contribution in [0.25, 0.3) is 0 Å². The second-order valence-electron chi connectivity index (χ2n) is 6.03. The van der Waals surface area contributed by atoms with E-state index < -0.39 is 0 Å². The minimum Gasteiger partial charge on any atom is -0.489 e. The van der Waals surface area contributed by atoms with Crippen LogP contribution < -0.4 is 15.4 Å². The lowest BCUT2D eigenvalue weighted by Gasteiger charge is -2.39. The van der Waals surface area contributed by atoms with Crippen LogP contribution in [0.2, 0.25) is 0 Å². The number of ether oxygens (including phenoxy) is 1. The molecule has 0 aromatic heterocycles. The smallest absolute Gasteiger partial charge is 0.119 e.